The van der Waals surface area contributed by atoms with Crippen LogP contribution < -0.4 is 10.9 Å². The molecule has 0 bridgehead atoms. The molecule has 3 heterocycles. The summed E-state index contributed by atoms with van der Waals surface area (Å²) in [5.74, 6) is -1.33. The molecule has 0 aliphatic carbocycles. The zero-order valence-electron chi connectivity index (χ0n) is 18.9. The first-order valence-corrected chi connectivity index (χ1v) is 11.5. The molecular weight excluding hydrogens is 460 g/mol. The van der Waals surface area contributed by atoms with E-state index in [4.69, 9.17) is 0 Å². The highest BCUT2D eigenvalue weighted by molar-refractivity contribution is 6.09. The Morgan fingerprint density at radius 2 is 1.81 bits per heavy atom. The topological polar surface area (TPSA) is 132 Å². The van der Waals surface area contributed by atoms with Crippen LogP contribution in [-0.4, -0.2) is 45.0 Å². The third kappa shape index (κ3) is 3.36. The number of hydrogen-bond donors (Lipinski definition) is 3. The minimum atomic E-state index is -0.735. The Hall–Kier alpha value is -4.79. The molecule has 9 heteroatoms. The number of H-pyrrole nitrogens is 1. The van der Waals surface area contributed by atoms with Crippen molar-refractivity contribution >= 4 is 51.3 Å². The maximum Gasteiger partial charge on any atom is 0.261 e. The molecule has 1 aromatic heterocycles. The first-order valence-electron chi connectivity index (χ1n) is 11.5. The number of benzene rings is 3. The van der Waals surface area contributed by atoms with Gasteiger partial charge in [0, 0.05) is 41.1 Å². The SMILES string of the molecule is O=C1CCC(N2Cc3c(N=Cc4c(O)c5ccc6ccccc6c5[nH]c4=O)cccc3C2=O)C(=O)N1. The summed E-state index contributed by atoms with van der Waals surface area (Å²) in [4.78, 5) is 58.5. The predicted octanol–water partition coefficient (Wildman–Crippen LogP) is 2.90. The van der Waals surface area contributed by atoms with Crippen molar-refractivity contribution in [1.82, 2.24) is 15.2 Å². The minimum Gasteiger partial charge on any atom is -0.506 e. The number of piperidine rings is 1. The highest BCUT2D eigenvalue weighted by atomic mass is 16.3. The molecule has 0 radical (unpaired) electrons. The fourth-order valence-electron chi connectivity index (χ4n) is 4.98. The van der Waals surface area contributed by atoms with Crippen LogP contribution in [0.5, 0.6) is 5.75 Å². The van der Waals surface area contributed by atoms with Gasteiger partial charge in [0.1, 0.15) is 17.4 Å². The summed E-state index contributed by atoms with van der Waals surface area (Å²) < 4.78 is 0. The van der Waals surface area contributed by atoms with E-state index in [1.54, 1.807) is 24.3 Å². The van der Waals surface area contributed by atoms with Crippen LogP contribution in [0, 0.1) is 0 Å². The maximum atomic E-state index is 13.0. The molecule has 3 aromatic carbocycles. The van der Waals surface area contributed by atoms with Crippen molar-refractivity contribution in [2.24, 2.45) is 4.99 Å². The van der Waals surface area contributed by atoms with Gasteiger partial charge in [-0.3, -0.25) is 29.5 Å². The van der Waals surface area contributed by atoms with Gasteiger partial charge < -0.3 is 15.0 Å². The second kappa shape index (κ2) is 8.16. The molecule has 1 saturated heterocycles. The van der Waals surface area contributed by atoms with Gasteiger partial charge in [0.25, 0.3) is 11.5 Å². The lowest BCUT2D eigenvalue weighted by molar-refractivity contribution is -0.136. The van der Waals surface area contributed by atoms with Crippen LogP contribution in [0.1, 0.15) is 34.3 Å². The van der Waals surface area contributed by atoms with Crippen molar-refractivity contribution < 1.29 is 19.5 Å². The van der Waals surface area contributed by atoms with Crippen LogP contribution in [0.15, 0.2) is 64.4 Å². The first kappa shape index (κ1) is 21.7. The summed E-state index contributed by atoms with van der Waals surface area (Å²) in [6, 6.07) is 15.5. The molecule has 9 nitrogen and oxygen atoms in total. The van der Waals surface area contributed by atoms with Crippen molar-refractivity contribution in [2.75, 3.05) is 0 Å². The number of rotatable bonds is 3. The molecule has 0 spiro atoms. The largest absolute Gasteiger partial charge is 0.506 e. The molecule has 0 saturated carbocycles. The number of nitrogens with zero attached hydrogens (tertiary/aromatic N) is 2. The summed E-state index contributed by atoms with van der Waals surface area (Å²) >= 11 is 0. The molecule has 1 unspecified atom stereocenters. The summed E-state index contributed by atoms with van der Waals surface area (Å²) in [5.41, 5.74) is 1.53. The summed E-state index contributed by atoms with van der Waals surface area (Å²) in [7, 11) is 0. The van der Waals surface area contributed by atoms with Crippen LogP contribution in [0.2, 0.25) is 0 Å². The Labute approximate surface area is 204 Å². The van der Waals surface area contributed by atoms with Crippen molar-refractivity contribution in [2.45, 2.75) is 25.4 Å². The number of imide groups is 1. The van der Waals surface area contributed by atoms with Gasteiger partial charge in [-0.1, -0.05) is 36.4 Å². The van der Waals surface area contributed by atoms with Crippen LogP contribution in [-0.2, 0) is 16.1 Å². The molecule has 1 fully saturated rings. The van der Waals surface area contributed by atoms with E-state index in [1.165, 1.54) is 11.1 Å². The molecule has 3 amide bonds. The molecule has 4 aromatic rings. The van der Waals surface area contributed by atoms with Gasteiger partial charge in [-0.15, -0.1) is 0 Å². The van der Waals surface area contributed by atoms with E-state index in [9.17, 15) is 24.3 Å². The van der Waals surface area contributed by atoms with E-state index in [-0.39, 0.29) is 42.5 Å². The second-order valence-corrected chi connectivity index (χ2v) is 8.89. The number of amides is 3. The van der Waals surface area contributed by atoms with Gasteiger partial charge in [-0.25, -0.2) is 0 Å². The number of aliphatic imine (C=N–C) groups is 1. The number of aromatic nitrogens is 1. The standard InChI is InChI=1S/C27H20N4O5/c32-22-11-10-21(26(35)29-22)31-13-19-16(27(31)36)6-3-7-20(19)28-12-18-24(33)17-9-8-14-4-1-2-5-15(14)23(17)30-25(18)34/h1-9,12,21H,10-11,13H2,(H,29,32,35)(H2,30,33,34). The number of carbonyl (C=O) groups excluding carboxylic acids is 3. The number of hydrogen-bond acceptors (Lipinski definition) is 6. The number of aromatic amines is 1. The van der Waals surface area contributed by atoms with Crippen LogP contribution in [0.3, 0.4) is 0 Å². The van der Waals surface area contributed by atoms with E-state index in [0.717, 1.165) is 10.8 Å². The average molecular weight is 480 g/mol. The normalized spacial score (nSPS) is 17.8. The lowest BCUT2D eigenvalue weighted by Crippen LogP contribution is -2.52. The predicted molar refractivity (Wildman–Crippen MR) is 133 cm³/mol. The molecule has 1 atom stereocenters. The molecule has 6 rings (SSSR count). The van der Waals surface area contributed by atoms with Gasteiger partial charge in [0.2, 0.25) is 11.8 Å². The van der Waals surface area contributed by atoms with Gasteiger partial charge >= 0.3 is 0 Å². The summed E-state index contributed by atoms with van der Waals surface area (Å²) in [6.45, 7) is 0.153. The van der Waals surface area contributed by atoms with E-state index >= 15 is 0 Å². The fourth-order valence-corrected chi connectivity index (χ4v) is 4.98. The summed E-state index contributed by atoms with van der Waals surface area (Å²) in [6.07, 6.45) is 1.72. The van der Waals surface area contributed by atoms with Gasteiger partial charge in [0.15, 0.2) is 0 Å². The zero-order chi connectivity index (χ0) is 25.0. The van der Waals surface area contributed by atoms with E-state index in [1.807, 2.05) is 30.3 Å². The second-order valence-electron chi connectivity index (χ2n) is 8.89. The van der Waals surface area contributed by atoms with Gasteiger partial charge in [0.05, 0.1) is 11.2 Å². The first-order chi connectivity index (χ1) is 17.4. The van der Waals surface area contributed by atoms with Crippen LogP contribution >= 0.6 is 0 Å². The molecule has 36 heavy (non-hydrogen) atoms. The smallest absolute Gasteiger partial charge is 0.261 e. The van der Waals surface area contributed by atoms with Crippen molar-refractivity contribution in [1.29, 1.82) is 0 Å². The number of pyridine rings is 1. The Kier molecular flexibility index (Phi) is 4.92. The fraction of sp³-hybridized carbons (Fsp3) is 0.148. The van der Waals surface area contributed by atoms with Crippen molar-refractivity contribution in [3.05, 3.63) is 81.6 Å². The Balaban J connectivity index is 1.37. The number of carbonyl (C=O) groups is 3. The number of fused-ring (bicyclic) bond motifs is 4. The highest BCUT2D eigenvalue weighted by Gasteiger charge is 2.39. The lowest BCUT2D eigenvalue weighted by Gasteiger charge is -2.29. The molecule has 3 N–H and O–H groups in total. The molecule has 2 aliphatic heterocycles. The maximum absolute atomic E-state index is 13.0. The lowest BCUT2D eigenvalue weighted by atomic mass is 10.0. The van der Waals surface area contributed by atoms with Crippen LogP contribution in [0.4, 0.5) is 5.69 Å². The zero-order valence-corrected chi connectivity index (χ0v) is 18.9. The summed E-state index contributed by atoms with van der Waals surface area (Å²) in [5, 5.41) is 15.5. The van der Waals surface area contributed by atoms with E-state index in [0.29, 0.717) is 27.7 Å². The van der Waals surface area contributed by atoms with Crippen LogP contribution in [0.25, 0.3) is 21.7 Å². The minimum absolute atomic E-state index is 0.00161. The Bertz CT molecular complexity index is 1700. The van der Waals surface area contributed by atoms with Gasteiger partial charge in [-0.2, -0.15) is 0 Å². The van der Waals surface area contributed by atoms with Crippen molar-refractivity contribution in [3.63, 3.8) is 0 Å². The van der Waals surface area contributed by atoms with E-state index in [2.05, 4.69) is 15.3 Å². The Morgan fingerprint density at radius 3 is 2.64 bits per heavy atom. The molecule has 178 valence electrons. The third-order valence-corrected chi connectivity index (χ3v) is 6.81. The quantitative estimate of drug-likeness (QED) is 0.236. The monoisotopic (exact) mass is 480 g/mol. The third-order valence-electron chi connectivity index (χ3n) is 6.81. The number of nitrogens with one attached hydrogen (secondary N) is 2. The van der Waals surface area contributed by atoms with Crippen molar-refractivity contribution in [3.8, 4) is 5.75 Å². The molecular formula is C27H20N4O5. The average Bonchev–Trinajstić information content (AvgIpc) is 3.20. The highest BCUT2D eigenvalue weighted by Crippen LogP contribution is 2.34. The van der Waals surface area contributed by atoms with Gasteiger partial charge in [-0.05, 0) is 30.0 Å². The molecule has 2 aliphatic rings. The number of aromatic hydroxyl groups is 1. The van der Waals surface area contributed by atoms with E-state index < -0.39 is 17.5 Å². The Morgan fingerprint density at radius 1 is 0.972 bits per heavy atom.